The van der Waals surface area contributed by atoms with Crippen LogP contribution in [0.2, 0.25) is 0 Å². The van der Waals surface area contributed by atoms with Crippen molar-refractivity contribution in [3.05, 3.63) is 65.7 Å². The minimum absolute atomic E-state index is 0.188. The van der Waals surface area contributed by atoms with Crippen molar-refractivity contribution in [2.24, 2.45) is 0 Å². The predicted molar refractivity (Wildman–Crippen MR) is 60.4 cm³/mol. The molecule has 1 aliphatic rings. The first-order valence-corrected chi connectivity index (χ1v) is 5.22. The second kappa shape index (κ2) is 3.49. The van der Waals surface area contributed by atoms with Gasteiger partial charge in [-0.3, -0.25) is 4.79 Å². The highest BCUT2D eigenvalue weighted by Gasteiger charge is 2.33. The van der Waals surface area contributed by atoms with Gasteiger partial charge in [0.15, 0.2) is 0 Å². The Balaban J connectivity index is 2.13. The van der Waals surface area contributed by atoms with Gasteiger partial charge >= 0.3 is 5.97 Å². The summed E-state index contributed by atoms with van der Waals surface area (Å²) in [5.41, 5.74) is 1.94. The SMILES string of the molecule is O=C1Oc2ccccc2[C@H]1c1ccccc1. The van der Waals surface area contributed by atoms with Gasteiger partial charge in [0.1, 0.15) is 11.7 Å². The van der Waals surface area contributed by atoms with Crippen LogP contribution in [-0.4, -0.2) is 5.97 Å². The number of ether oxygens (including phenoxy) is 1. The molecule has 2 aromatic rings. The molecule has 0 N–H and O–H groups in total. The van der Waals surface area contributed by atoms with Crippen LogP contribution in [-0.2, 0) is 4.79 Å². The zero-order valence-electron chi connectivity index (χ0n) is 8.59. The third kappa shape index (κ3) is 1.31. The summed E-state index contributed by atoms with van der Waals surface area (Å²) in [6, 6.07) is 17.3. The molecule has 78 valence electrons. The van der Waals surface area contributed by atoms with Crippen LogP contribution in [0.15, 0.2) is 54.6 Å². The Bertz CT molecular complexity index is 531. The Morgan fingerprint density at radius 3 is 2.38 bits per heavy atom. The number of benzene rings is 2. The van der Waals surface area contributed by atoms with E-state index >= 15 is 0 Å². The van der Waals surface area contributed by atoms with Gasteiger partial charge in [-0.15, -0.1) is 0 Å². The van der Waals surface area contributed by atoms with E-state index in [9.17, 15) is 4.79 Å². The lowest BCUT2D eigenvalue weighted by molar-refractivity contribution is -0.133. The molecule has 1 heterocycles. The van der Waals surface area contributed by atoms with Crippen molar-refractivity contribution in [3.8, 4) is 5.75 Å². The summed E-state index contributed by atoms with van der Waals surface area (Å²) in [5, 5.41) is 0. The fourth-order valence-electron chi connectivity index (χ4n) is 2.07. The Morgan fingerprint density at radius 1 is 0.875 bits per heavy atom. The maximum absolute atomic E-state index is 11.8. The molecule has 16 heavy (non-hydrogen) atoms. The molecule has 0 saturated carbocycles. The normalized spacial score (nSPS) is 18.0. The van der Waals surface area contributed by atoms with E-state index in [4.69, 9.17) is 4.74 Å². The molecule has 0 unspecified atom stereocenters. The standard InChI is InChI=1S/C14H10O2/c15-14-13(10-6-2-1-3-7-10)11-8-4-5-9-12(11)16-14/h1-9,13H/t13-/m1/s1. The molecule has 0 fully saturated rings. The average Bonchev–Trinajstić information content (AvgIpc) is 2.66. The number of carbonyl (C=O) groups is 1. The lowest BCUT2D eigenvalue weighted by atomic mass is 9.93. The topological polar surface area (TPSA) is 26.3 Å². The number of hydrogen-bond donors (Lipinski definition) is 0. The summed E-state index contributed by atoms with van der Waals surface area (Å²) in [5.74, 6) is 0.228. The van der Waals surface area contributed by atoms with Gasteiger partial charge in [0.2, 0.25) is 0 Å². The number of esters is 1. The van der Waals surface area contributed by atoms with Gasteiger partial charge in [-0.2, -0.15) is 0 Å². The number of rotatable bonds is 1. The van der Waals surface area contributed by atoms with Crippen molar-refractivity contribution in [2.45, 2.75) is 5.92 Å². The second-order valence-electron chi connectivity index (χ2n) is 3.80. The fourth-order valence-corrected chi connectivity index (χ4v) is 2.07. The number of carbonyl (C=O) groups excluding carboxylic acids is 1. The van der Waals surface area contributed by atoms with Crippen LogP contribution in [0.5, 0.6) is 5.75 Å². The van der Waals surface area contributed by atoms with Gasteiger partial charge in [-0.05, 0) is 11.6 Å². The molecule has 0 spiro atoms. The molecule has 2 aromatic carbocycles. The Hall–Kier alpha value is -2.09. The summed E-state index contributed by atoms with van der Waals surface area (Å²) in [7, 11) is 0. The molecular weight excluding hydrogens is 200 g/mol. The summed E-state index contributed by atoms with van der Waals surface area (Å²) >= 11 is 0. The summed E-state index contributed by atoms with van der Waals surface area (Å²) in [6.07, 6.45) is 0. The van der Waals surface area contributed by atoms with Crippen LogP contribution in [0.4, 0.5) is 0 Å². The second-order valence-corrected chi connectivity index (χ2v) is 3.80. The molecule has 0 amide bonds. The largest absolute Gasteiger partial charge is 0.425 e. The van der Waals surface area contributed by atoms with Crippen molar-refractivity contribution >= 4 is 5.97 Å². The van der Waals surface area contributed by atoms with Crippen LogP contribution in [0.3, 0.4) is 0 Å². The highest BCUT2D eigenvalue weighted by molar-refractivity contribution is 5.89. The maximum Gasteiger partial charge on any atom is 0.323 e. The summed E-state index contributed by atoms with van der Waals surface area (Å²) < 4.78 is 5.23. The third-order valence-electron chi connectivity index (χ3n) is 2.81. The molecule has 0 bridgehead atoms. The Morgan fingerprint density at radius 2 is 1.56 bits per heavy atom. The van der Waals surface area contributed by atoms with E-state index in [1.165, 1.54) is 0 Å². The molecule has 0 radical (unpaired) electrons. The first-order chi connectivity index (χ1) is 7.86. The van der Waals surface area contributed by atoms with Gasteiger partial charge < -0.3 is 4.74 Å². The monoisotopic (exact) mass is 210 g/mol. The molecule has 3 rings (SSSR count). The lowest BCUT2D eigenvalue weighted by Crippen LogP contribution is -2.11. The lowest BCUT2D eigenvalue weighted by Gasteiger charge is -2.06. The van der Waals surface area contributed by atoms with Crippen LogP contribution in [0.25, 0.3) is 0 Å². The number of fused-ring (bicyclic) bond motifs is 1. The van der Waals surface area contributed by atoms with E-state index in [0.29, 0.717) is 5.75 Å². The fraction of sp³-hybridized carbons (Fsp3) is 0.0714. The number of para-hydroxylation sites is 1. The molecule has 0 saturated heterocycles. The quantitative estimate of drug-likeness (QED) is 0.534. The van der Waals surface area contributed by atoms with Crippen LogP contribution in [0.1, 0.15) is 17.0 Å². The smallest absolute Gasteiger partial charge is 0.323 e. The summed E-state index contributed by atoms with van der Waals surface area (Å²) in [4.78, 5) is 11.8. The molecule has 1 atom stereocenters. The zero-order valence-corrected chi connectivity index (χ0v) is 8.59. The van der Waals surface area contributed by atoms with Gasteiger partial charge in [0, 0.05) is 5.56 Å². The minimum atomic E-state index is -0.266. The highest BCUT2D eigenvalue weighted by atomic mass is 16.5. The maximum atomic E-state index is 11.8. The molecule has 2 nitrogen and oxygen atoms in total. The molecule has 1 aliphatic heterocycles. The van der Waals surface area contributed by atoms with Crippen molar-refractivity contribution in [1.29, 1.82) is 0 Å². The van der Waals surface area contributed by atoms with Gasteiger partial charge in [0.25, 0.3) is 0 Å². The molecule has 0 aromatic heterocycles. The Kier molecular flexibility index (Phi) is 2.00. The van der Waals surface area contributed by atoms with Crippen molar-refractivity contribution < 1.29 is 9.53 Å². The average molecular weight is 210 g/mol. The van der Waals surface area contributed by atoms with Crippen molar-refractivity contribution in [3.63, 3.8) is 0 Å². The minimum Gasteiger partial charge on any atom is -0.425 e. The molecule has 2 heteroatoms. The van der Waals surface area contributed by atoms with Crippen LogP contribution >= 0.6 is 0 Å². The highest BCUT2D eigenvalue weighted by Crippen LogP contribution is 2.38. The van der Waals surface area contributed by atoms with Gasteiger partial charge in [-0.25, -0.2) is 0 Å². The molecular formula is C14H10O2. The summed E-state index contributed by atoms with van der Waals surface area (Å²) in [6.45, 7) is 0. The Labute approximate surface area is 93.5 Å². The van der Waals surface area contributed by atoms with Crippen molar-refractivity contribution in [1.82, 2.24) is 0 Å². The third-order valence-corrected chi connectivity index (χ3v) is 2.81. The van der Waals surface area contributed by atoms with E-state index in [2.05, 4.69) is 0 Å². The van der Waals surface area contributed by atoms with E-state index in [0.717, 1.165) is 11.1 Å². The van der Waals surface area contributed by atoms with E-state index < -0.39 is 0 Å². The van der Waals surface area contributed by atoms with E-state index in [1.807, 2.05) is 54.6 Å². The number of hydrogen-bond acceptors (Lipinski definition) is 2. The van der Waals surface area contributed by atoms with Gasteiger partial charge in [0.05, 0.1) is 0 Å². The first-order valence-electron chi connectivity index (χ1n) is 5.22. The van der Waals surface area contributed by atoms with E-state index in [-0.39, 0.29) is 11.9 Å². The molecule has 0 aliphatic carbocycles. The predicted octanol–water partition coefficient (Wildman–Crippen LogP) is 2.74. The zero-order chi connectivity index (χ0) is 11.0. The van der Waals surface area contributed by atoms with E-state index in [1.54, 1.807) is 0 Å². The van der Waals surface area contributed by atoms with Crippen LogP contribution < -0.4 is 4.74 Å². The van der Waals surface area contributed by atoms with Crippen molar-refractivity contribution in [2.75, 3.05) is 0 Å². The van der Waals surface area contributed by atoms with Gasteiger partial charge in [-0.1, -0.05) is 48.5 Å². The van der Waals surface area contributed by atoms with Crippen LogP contribution in [0, 0.1) is 0 Å². The first kappa shape index (κ1) is 9.16.